The van der Waals surface area contributed by atoms with Gasteiger partial charge in [-0.1, -0.05) is 0 Å². The van der Waals surface area contributed by atoms with Gasteiger partial charge in [0.05, 0.1) is 5.09 Å². The van der Waals surface area contributed by atoms with Gasteiger partial charge in [0.15, 0.2) is 0 Å². The molecule has 0 unspecified atom stereocenters. The van der Waals surface area contributed by atoms with Crippen LogP contribution in [0.15, 0.2) is 0 Å². The van der Waals surface area contributed by atoms with Crippen molar-refractivity contribution in [3.8, 4) is 0 Å². The fraction of sp³-hybridized carbons (Fsp3) is 0. The van der Waals surface area contributed by atoms with Crippen LogP contribution in [0.5, 0.6) is 0 Å². The molecule has 0 rings (SSSR count). The summed E-state index contributed by atoms with van der Waals surface area (Å²) in [6.45, 7) is 0. The fourth-order valence-corrected chi connectivity index (χ4v) is 0. The van der Waals surface area contributed by atoms with Crippen LogP contribution in [0.3, 0.4) is 0 Å². The average Bonchev–Trinajstić information content (AvgIpc) is 1.25. The molecule has 0 bridgehead atoms. The van der Waals surface area contributed by atoms with Crippen molar-refractivity contribution >= 4 is 0 Å². The molecule has 0 atom stereocenters. The summed E-state index contributed by atoms with van der Waals surface area (Å²) in [5.41, 5.74) is 0. The number of hydrogen-bond donors (Lipinski definition) is 1. The van der Waals surface area contributed by atoms with Crippen molar-refractivity contribution in [3.63, 3.8) is 0 Å². The van der Waals surface area contributed by atoms with Crippen LogP contribution in [0, 0.1) is 25.4 Å². The normalized spacial score (nSPS) is 4.36. The van der Waals surface area contributed by atoms with E-state index in [4.69, 9.17) is 30.6 Å². The van der Waals surface area contributed by atoms with Crippen LogP contribution in [0.1, 0.15) is 0 Å². The van der Waals surface area contributed by atoms with Crippen LogP contribution in [-0.2, 0) is 26.2 Å². The zero-order valence-electron chi connectivity index (χ0n) is 4.88. The molecule has 11 heteroatoms. The molecule has 0 aromatic heterocycles. The molecule has 0 heterocycles. The summed E-state index contributed by atoms with van der Waals surface area (Å²) in [4.78, 5) is 16.6. The fourth-order valence-electron chi connectivity index (χ4n) is 0. The van der Waals surface area contributed by atoms with E-state index < -0.39 is 10.2 Å². The van der Waals surface area contributed by atoms with Gasteiger partial charge in [-0.25, -0.2) is 0 Å². The van der Waals surface area contributed by atoms with Crippen LogP contribution in [0.25, 0.3) is 0 Å². The van der Waals surface area contributed by atoms with E-state index in [1.165, 1.54) is 0 Å². The van der Waals surface area contributed by atoms with E-state index in [9.17, 15) is 0 Å². The van der Waals surface area contributed by atoms with Crippen LogP contribution in [0.4, 0.5) is 0 Å². The standard InChI is InChI=1S/HNO3.NO3.2H2O.Zr/c2*2-1(3)4;;;/h(H,2,3,4);;2*1H2;/q;-1;;;. The van der Waals surface area contributed by atoms with Gasteiger partial charge in [-0.3, -0.25) is 0 Å². The molecule has 0 saturated heterocycles. The SMILES string of the molecule is O.O.O=[N+]([O-])O.O=[N+]([O-])[O-].[Zr]. The molecule has 0 aromatic carbocycles. The molecule has 11 heavy (non-hydrogen) atoms. The van der Waals surface area contributed by atoms with Crippen molar-refractivity contribution in [2.24, 2.45) is 0 Å². The van der Waals surface area contributed by atoms with Crippen molar-refractivity contribution < 1.29 is 52.5 Å². The Balaban J connectivity index is -0.0000000171. The first-order chi connectivity index (χ1) is 3.46. The maximum atomic E-state index is 8.36. The van der Waals surface area contributed by atoms with E-state index >= 15 is 0 Å². The molecule has 5 N–H and O–H groups in total. The van der Waals surface area contributed by atoms with E-state index in [1.807, 2.05) is 0 Å². The Morgan fingerprint density at radius 3 is 1.00 bits per heavy atom. The molecule has 0 aromatic rings. The van der Waals surface area contributed by atoms with Gasteiger partial charge in [0.25, 0.3) is 5.09 Å². The first-order valence-corrected chi connectivity index (χ1v) is 1.11. The molecule has 0 radical (unpaired) electrons. The third-order valence-electron chi connectivity index (χ3n) is 0. The van der Waals surface area contributed by atoms with Gasteiger partial charge in [-0.2, -0.15) is 0 Å². The molecule has 0 fully saturated rings. The molecule has 10 nitrogen and oxygen atoms in total. The average molecular weight is 252 g/mol. The zero-order valence-corrected chi connectivity index (χ0v) is 7.34. The van der Waals surface area contributed by atoms with Crippen molar-refractivity contribution in [1.82, 2.24) is 0 Å². The molecule has 0 amide bonds. The Morgan fingerprint density at radius 1 is 1.00 bits per heavy atom. The summed E-state index contributed by atoms with van der Waals surface area (Å²) < 4.78 is 0. The van der Waals surface area contributed by atoms with Gasteiger partial charge in [-0.05, 0) is 0 Å². The van der Waals surface area contributed by atoms with Gasteiger partial charge >= 0.3 is 0 Å². The smallest absolute Gasteiger partial charge is 0.291 e. The minimum Gasteiger partial charge on any atom is -0.412 e. The van der Waals surface area contributed by atoms with Crippen molar-refractivity contribution in [1.29, 1.82) is 0 Å². The minimum atomic E-state index is -1.75. The second-order valence-electron chi connectivity index (χ2n) is 0.461. The third-order valence-corrected chi connectivity index (χ3v) is 0. The van der Waals surface area contributed by atoms with Gasteiger partial charge in [0, 0.05) is 26.2 Å². The molecular formula is H5N2O8Zr-. The number of rotatable bonds is 0. The van der Waals surface area contributed by atoms with E-state index in [1.54, 1.807) is 0 Å². The minimum absolute atomic E-state index is 0. The van der Waals surface area contributed by atoms with E-state index in [0.717, 1.165) is 0 Å². The van der Waals surface area contributed by atoms with Gasteiger partial charge in [0.1, 0.15) is 0 Å². The Kier molecular flexibility index (Phi) is 66.4. The quantitative estimate of drug-likeness (QED) is 0.373. The molecule has 0 aliphatic carbocycles. The van der Waals surface area contributed by atoms with Crippen LogP contribution < -0.4 is 0 Å². The van der Waals surface area contributed by atoms with Crippen LogP contribution in [0.2, 0.25) is 0 Å². The van der Waals surface area contributed by atoms with Crippen LogP contribution in [-0.4, -0.2) is 26.3 Å². The second-order valence-corrected chi connectivity index (χ2v) is 0.461. The predicted octanol–water partition coefficient (Wildman–Crippen LogP) is -2.24. The molecule has 0 saturated carbocycles. The Morgan fingerprint density at radius 2 is 1.00 bits per heavy atom. The topological polar surface area (TPSA) is 193 Å². The van der Waals surface area contributed by atoms with E-state index in [2.05, 4.69) is 0 Å². The molecule has 0 aliphatic rings. The Labute approximate surface area is 78.4 Å². The van der Waals surface area contributed by atoms with Gasteiger partial charge in [-0.15, -0.1) is 10.1 Å². The summed E-state index contributed by atoms with van der Waals surface area (Å²) in [6.07, 6.45) is 0. The van der Waals surface area contributed by atoms with Gasteiger partial charge in [0.2, 0.25) is 0 Å². The summed E-state index contributed by atoms with van der Waals surface area (Å²) in [7, 11) is 0. The Bertz CT molecular complexity index is 70.1. The maximum Gasteiger partial charge on any atom is 0.291 e. The summed E-state index contributed by atoms with van der Waals surface area (Å²) in [6, 6.07) is 0. The van der Waals surface area contributed by atoms with Crippen molar-refractivity contribution in [3.05, 3.63) is 25.4 Å². The zero-order chi connectivity index (χ0) is 7.15. The largest absolute Gasteiger partial charge is 0.412 e. The predicted molar refractivity (Wildman–Crippen MR) is 26.4 cm³/mol. The first-order valence-electron chi connectivity index (χ1n) is 1.11. The maximum absolute atomic E-state index is 8.36. The molecule has 0 aliphatic heterocycles. The molecular weight excluding hydrogens is 247 g/mol. The second kappa shape index (κ2) is 22.9. The van der Waals surface area contributed by atoms with E-state index in [0.29, 0.717) is 0 Å². The van der Waals surface area contributed by atoms with Crippen LogP contribution >= 0.6 is 0 Å². The monoisotopic (exact) mass is 251 g/mol. The van der Waals surface area contributed by atoms with Crippen molar-refractivity contribution in [2.75, 3.05) is 0 Å². The van der Waals surface area contributed by atoms with Gasteiger partial charge < -0.3 is 31.5 Å². The first kappa shape index (κ1) is 31.9. The molecule has 0 spiro atoms. The summed E-state index contributed by atoms with van der Waals surface area (Å²) in [5, 5.41) is 28.4. The number of hydrogen-bond acceptors (Lipinski definition) is 5. The van der Waals surface area contributed by atoms with Crippen molar-refractivity contribution in [2.45, 2.75) is 0 Å². The summed E-state index contributed by atoms with van der Waals surface area (Å²) >= 11 is 0. The third kappa shape index (κ3) is 752. The molecule has 68 valence electrons. The number of nitrogens with zero attached hydrogens (tertiary/aromatic N) is 2. The Hall–Kier alpha value is -0.797. The van der Waals surface area contributed by atoms with E-state index in [-0.39, 0.29) is 37.2 Å². The summed E-state index contributed by atoms with van der Waals surface area (Å²) in [5.74, 6) is 0.